The summed E-state index contributed by atoms with van der Waals surface area (Å²) < 4.78 is 14.0. The fraction of sp³-hybridized carbons (Fsp3) is 0.607. The van der Waals surface area contributed by atoms with Crippen molar-refractivity contribution in [3.63, 3.8) is 0 Å². The van der Waals surface area contributed by atoms with Crippen LogP contribution in [0.25, 0.3) is 0 Å². The van der Waals surface area contributed by atoms with E-state index in [1.165, 1.54) is 0 Å². The highest BCUT2D eigenvalue weighted by Crippen LogP contribution is 2.47. The van der Waals surface area contributed by atoms with E-state index in [0.717, 1.165) is 5.56 Å². The molecule has 3 atom stereocenters. The van der Waals surface area contributed by atoms with Crippen LogP contribution in [0, 0.1) is 11.8 Å². The molecule has 186 valence electrons. The normalized spacial score (nSPS) is 25.7. The minimum Gasteiger partial charge on any atom is -0.407 e. The number of carbonyl (C=O) groups excluding carboxylic acids is 1. The second-order valence-electron chi connectivity index (χ2n) is 12.8. The zero-order valence-corrected chi connectivity index (χ0v) is 24.8. The number of amides is 1. The van der Waals surface area contributed by atoms with Gasteiger partial charge in [-0.05, 0) is 48.4 Å². The van der Waals surface area contributed by atoms with E-state index in [-0.39, 0.29) is 16.0 Å². The molecule has 3 rings (SSSR count). The predicted octanol–water partition coefficient (Wildman–Crippen LogP) is 6.36. The number of nitrogens with zero attached hydrogens (tertiary/aromatic N) is 1. The van der Waals surface area contributed by atoms with Crippen LogP contribution in [0.15, 0.2) is 42.5 Å². The molecule has 6 heteroatoms. The Morgan fingerprint density at radius 2 is 1.47 bits per heavy atom. The van der Waals surface area contributed by atoms with Crippen molar-refractivity contribution in [3.05, 3.63) is 48.0 Å². The summed E-state index contributed by atoms with van der Waals surface area (Å²) in [5.74, 6) is 6.95. The fourth-order valence-corrected chi connectivity index (χ4v) is 6.48. The van der Waals surface area contributed by atoms with Gasteiger partial charge in [0.2, 0.25) is 0 Å². The van der Waals surface area contributed by atoms with E-state index < -0.39 is 34.4 Å². The van der Waals surface area contributed by atoms with Crippen molar-refractivity contribution in [2.24, 2.45) is 0 Å². The molecule has 1 fully saturated rings. The summed E-state index contributed by atoms with van der Waals surface area (Å²) in [5.41, 5.74) is 0.211. The number of hydrogen-bond acceptors (Lipinski definition) is 3. The minimum atomic E-state index is -2.24. The van der Waals surface area contributed by atoms with Crippen LogP contribution >= 0.6 is 0 Å². The maximum atomic E-state index is 14.0. The Kier molecular flexibility index (Phi) is 7.20. The SMILES string of the molecule is CC(C)(C)[Si](C)(C)O[C@@H]1C(=O)N2CC=CC[C@@]2(C#Cc2ccccc2)[C@H]1O[Si](C)(C)C(C)(C)C. The van der Waals surface area contributed by atoms with Gasteiger partial charge >= 0.3 is 0 Å². The molecule has 1 aromatic rings. The first-order chi connectivity index (χ1) is 15.5. The standard InChI is InChI=1S/C28H43NO3Si2/c1-26(2,3)33(7,8)31-23-24(32-34(9,10)27(4,5)6)28(19-14-15-21-29(28)25(23)30)20-18-22-16-12-11-13-17-22/h11-17,23-24H,19,21H2,1-10H3/t23-,24-,28+/m0/s1. The number of hydrogen-bond donors (Lipinski definition) is 0. The summed E-state index contributed by atoms with van der Waals surface area (Å²) in [6, 6.07) is 10.00. The molecule has 1 saturated heterocycles. The summed E-state index contributed by atoms with van der Waals surface area (Å²) in [7, 11) is -4.47. The van der Waals surface area contributed by atoms with E-state index in [1.54, 1.807) is 0 Å². The molecule has 0 unspecified atom stereocenters. The average molecular weight is 498 g/mol. The molecule has 2 aliphatic rings. The molecular weight excluding hydrogens is 454 g/mol. The number of rotatable bonds is 4. The molecule has 0 aliphatic carbocycles. The van der Waals surface area contributed by atoms with Crippen LogP contribution in [0.1, 0.15) is 53.5 Å². The molecule has 4 nitrogen and oxygen atoms in total. The summed E-state index contributed by atoms with van der Waals surface area (Å²) >= 11 is 0. The van der Waals surface area contributed by atoms with Crippen molar-refractivity contribution < 1.29 is 13.6 Å². The van der Waals surface area contributed by atoms with E-state index in [9.17, 15) is 4.79 Å². The quantitative estimate of drug-likeness (QED) is 0.276. The van der Waals surface area contributed by atoms with Gasteiger partial charge in [-0.2, -0.15) is 0 Å². The summed E-state index contributed by atoms with van der Waals surface area (Å²) in [6.45, 7) is 22.8. The van der Waals surface area contributed by atoms with Crippen LogP contribution in [-0.4, -0.2) is 51.7 Å². The van der Waals surface area contributed by atoms with Crippen LogP contribution < -0.4 is 0 Å². The number of fused-ring (bicyclic) bond motifs is 1. The van der Waals surface area contributed by atoms with Crippen molar-refractivity contribution >= 4 is 22.5 Å². The monoisotopic (exact) mass is 497 g/mol. The van der Waals surface area contributed by atoms with Crippen molar-refractivity contribution in [1.29, 1.82) is 0 Å². The third-order valence-electron chi connectivity index (χ3n) is 8.27. The molecule has 0 saturated carbocycles. The highest BCUT2D eigenvalue weighted by Gasteiger charge is 2.62. The Morgan fingerprint density at radius 1 is 0.912 bits per heavy atom. The maximum absolute atomic E-state index is 14.0. The molecular formula is C28H43NO3Si2. The lowest BCUT2D eigenvalue weighted by Crippen LogP contribution is -2.58. The molecule has 1 amide bonds. The molecule has 0 spiro atoms. The number of carbonyl (C=O) groups is 1. The second-order valence-corrected chi connectivity index (χ2v) is 22.3. The van der Waals surface area contributed by atoms with Crippen LogP contribution in [0.3, 0.4) is 0 Å². The van der Waals surface area contributed by atoms with Crippen molar-refractivity contribution in [2.45, 2.75) is 102 Å². The van der Waals surface area contributed by atoms with Gasteiger partial charge in [-0.15, -0.1) is 0 Å². The van der Waals surface area contributed by atoms with Crippen LogP contribution in [-0.2, 0) is 13.6 Å². The lowest BCUT2D eigenvalue weighted by molar-refractivity contribution is -0.135. The predicted molar refractivity (Wildman–Crippen MR) is 146 cm³/mol. The highest BCUT2D eigenvalue weighted by molar-refractivity contribution is 6.74. The molecule has 2 aliphatic heterocycles. The van der Waals surface area contributed by atoms with Crippen molar-refractivity contribution in [1.82, 2.24) is 4.90 Å². The van der Waals surface area contributed by atoms with Gasteiger partial charge in [-0.25, -0.2) is 0 Å². The van der Waals surface area contributed by atoms with Gasteiger partial charge < -0.3 is 13.8 Å². The third-order valence-corrected chi connectivity index (χ3v) is 17.2. The zero-order chi connectivity index (χ0) is 25.6. The fourth-order valence-electron chi connectivity index (χ4n) is 3.96. The van der Waals surface area contributed by atoms with E-state index in [4.69, 9.17) is 8.85 Å². The van der Waals surface area contributed by atoms with Gasteiger partial charge in [0.1, 0.15) is 11.6 Å². The molecule has 0 aromatic heterocycles. The number of benzene rings is 1. The summed E-state index contributed by atoms with van der Waals surface area (Å²) in [6.07, 6.45) is 3.80. The summed E-state index contributed by atoms with van der Waals surface area (Å²) in [4.78, 5) is 15.9. The lowest BCUT2D eigenvalue weighted by Gasteiger charge is -2.46. The Bertz CT molecular complexity index is 992. The third kappa shape index (κ3) is 4.99. The van der Waals surface area contributed by atoms with Crippen molar-refractivity contribution in [2.75, 3.05) is 6.54 Å². The molecule has 0 bridgehead atoms. The van der Waals surface area contributed by atoms with E-state index >= 15 is 0 Å². The Balaban J connectivity index is 2.15. The minimum absolute atomic E-state index is 0.00352. The van der Waals surface area contributed by atoms with Gasteiger partial charge in [-0.3, -0.25) is 4.79 Å². The Morgan fingerprint density at radius 3 is 2.03 bits per heavy atom. The lowest BCUT2D eigenvalue weighted by atomic mass is 9.87. The second kappa shape index (κ2) is 9.09. The molecule has 1 aromatic carbocycles. The first kappa shape index (κ1) is 26.9. The topological polar surface area (TPSA) is 38.8 Å². The Labute approximate surface area is 209 Å². The van der Waals surface area contributed by atoms with Gasteiger partial charge in [-0.1, -0.05) is 83.7 Å². The van der Waals surface area contributed by atoms with Gasteiger partial charge in [0.25, 0.3) is 5.91 Å². The molecule has 2 heterocycles. The molecule has 0 N–H and O–H groups in total. The maximum Gasteiger partial charge on any atom is 0.254 e. The highest BCUT2D eigenvalue weighted by atomic mass is 28.4. The first-order valence-electron chi connectivity index (χ1n) is 12.4. The molecule has 0 radical (unpaired) electrons. The van der Waals surface area contributed by atoms with Gasteiger partial charge in [0, 0.05) is 18.5 Å². The molecule has 34 heavy (non-hydrogen) atoms. The van der Waals surface area contributed by atoms with Crippen LogP contribution in [0.5, 0.6) is 0 Å². The van der Waals surface area contributed by atoms with Gasteiger partial charge in [0.05, 0.1) is 0 Å². The van der Waals surface area contributed by atoms with Crippen LogP contribution in [0.4, 0.5) is 0 Å². The Hall–Kier alpha value is -1.66. The van der Waals surface area contributed by atoms with E-state index in [0.29, 0.717) is 13.0 Å². The van der Waals surface area contributed by atoms with Crippen molar-refractivity contribution in [3.8, 4) is 11.8 Å². The average Bonchev–Trinajstić information content (AvgIpc) is 2.94. The van der Waals surface area contributed by atoms with Crippen LogP contribution in [0.2, 0.25) is 36.3 Å². The largest absolute Gasteiger partial charge is 0.407 e. The van der Waals surface area contributed by atoms with E-state index in [1.807, 2.05) is 35.2 Å². The van der Waals surface area contributed by atoms with E-state index in [2.05, 4.69) is 91.7 Å². The zero-order valence-electron chi connectivity index (χ0n) is 22.8. The van der Waals surface area contributed by atoms with Gasteiger partial charge in [0.15, 0.2) is 22.7 Å². The smallest absolute Gasteiger partial charge is 0.254 e. The summed E-state index contributed by atoms with van der Waals surface area (Å²) in [5, 5.41) is -0.0113. The first-order valence-corrected chi connectivity index (χ1v) is 18.2.